The molecule has 4 heteroatoms. The number of rotatable bonds is 12. The summed E-state index contributed by atoms with van der Waals surface area (Å²) in [4.78, 5) is 0. The first-order valence-electron chi connectivity index (χ1n) is 7.41. The molecule has 114 valence electrons. The number of alkyl halides is 2. The molecule has 0 aliphatic heterocycles. The molecule has 0 heterocycles. The quantitative estimate of drug-likeness (QED) is 0.406. The Morgan fingerprint density at radius 2 is 1.55 bits per heavy atom. The van der Waals surface area contributed by atoms with E-state index in [1.165, 1.54) is 24.8 Å². The number of nitrogens with one attached hydrogen (secondary N) is 1. The van der Waals surface area contributed by atoms with Gasteiger partial charge in [0.05, 0.1) is 6.61 Å². The Kier molecular flexibility index (Phi) is 11.4. The summed E-state index contributed by atoms with van der Waals surface area (Å²) in [5.41, 5.74) is 1.37. The van der Waals surface area contributed by atoms with Crippen LogP contribution >= 0.6 is 31.9 Å². The monoisotopic (exact) mass is 405 g/mol. The van der Waals surface area contributed by atoms with Crippen LogP contribution in [-0.4, -0.2) is 30.4 Å². The van der Waals surface area contributed by atoms with Crippen molar-refractivity contribution in [1.29, 1.82) is 0 Å². The van der Waals surface area contributed by atoms with E-state index >= 15 is 0 Å². The molecule has 0 radical (unpaired) electrons. The molecular formula is C16H25Br2NO. The second-order valence-corrected chi connectivity index (χ2v) is 6.37. The smallest absolute Gasteiger partial charge is 0.119 e. The molecule has 0 bridgehead atoms. The van der Waals surface area contributed by atoms with E-state index in [2.05, 4.69) is 61.4 Å². The number of halogens is 2. The van der Waals surface area contributed by atoms with Gasteiger partial charge in [-0.05, 0) is 62.9 Å². The van der Waals surface area contributed by atoms with E-state index in [1.807, 2.05) is 0 Å². The summed E-state index contributed by atoms with van der Waals surface area (Å²) in [7, 11) is 0. The van der Waals surface area contributed by atoms with Crippen molar-refractivity contribution in [1.82, 2.24) is 5.32 Å². The molecule has 1 rings (SSSR count). The van der Waals surface area contributed by atoms with Gasteiger partial charge in [-0.1, -0.05) is 44.0 Å². The van der Waals surface area contributed by atoms with Crippen molar-refractivity contribution >= 4 is 31.9 Å². The van der Waals surface area contributed by atoms with Crippen molar-refractivity contribution in [3.63, 3.8) is 0 Å². The Balaban J connectivity index is 2.12. The Morgan fingerprint density at radius 3 is 2.25 bits per heavy atom. The third-order valence-electron chi connectivity index (χ3n) is 3.05. The Bertz CT molecular complexity index is 330. The summed E-state index contributed by atoms with van der Waals surface area (Å²) in [6.07, 6.45) is 5.84. The third-order valence-corrected chi connectivity index (χ3v) is 4.17. The van der Waals surface area contributed by atoms with Crippen molar-refractivity contribution in [2.24, 2.45) is 0 Å². The zero-order valence-electron chi connectivity index (χ0n) is 12.0. The maximum Gasteiger partial charge on any atom is 0.119 e. The first kappa shape index (κ1) is 18.0. The first-order chi connectivity index (χ1) is 9.86. The van der Waals surface area contributed by atoms with Crippen LogP contribution in [0.5, 0.6) is 5.75 Å². The molecule has 20 heavy (non-hydrogen) atoms. The fourth-order valence-corrected chi connectivity index (χ4v) is 2.63. The van der Waals surface area contributed by atoms with Crippen LogP contribution in [0.3, 0.4) is 0 Å². The average Bonchev–Trinajstić information content (AvgIpc) is 2.49. The molecule has 0 aliphatic carbocycles. The Morgan fingerprint density at radius 1 is 0.850 bits per heavy atom. The number of unbranched alkanes of at least 4 members (excludes halogenated alkanes) is 2. The SMILES string of the molecule is BrCCCCNCCc1ccc(OCCCCBr)cc1. The maximum absolute atomic E-state index is 5.69. The Hall–Kier alpha value is -0.0600. The maximum atomic E-state index is 5.69. The highest BCUT2D eigenvalue weighted by Gasteiger charge is 1.96. The number of benzene rings is 1. The van der Waals surface area contributed by atoms with Crippen molar-refractivity contribution in [2.75, 3.05) is 30.4 Å². The van der Waals surface area contributed by atoms with Gasteiger partial charge in [0.1, 0.15) is 5.75 Å². The highest BCUT2D eigenvalue weighted by Crippen LogP contribution is 2.13. The van der Waals surface area contributed by atoms with E-state index in [0.29, 0.717) is 0 Å². The second kappa shape index (κ2) is 12.7. The van der Waals surface area contributed by atoms with Gasteiger partial charge in [0.2, 0.25) is 0 Å². The summed E-state index contributed by atoms with van der Waals surface area (Å²) in [6.45, 7) is 2.97. The summed E-state index contributed by atoms with van der Waals surface area (Å²) in [5.74, 6) is 0.980. The molecule has 0 fully saturated rings. The Labute approximate surface area is 139 Å². The molecule has 0 aromatic heterocycles. The summed E-state index contributed by atoms with van der Waals surface area (Å²) >= 11 is 6.87. The van der Waals surface area contributed by atoms with Crippen LogP contribution < -0.4 is 10.1 Å². The van der Waals surface area contributed by atoms with Gasteiger partial charge in [0.25, 0.3) is 0 Å². The molecule has 0 saturated heterocycles. The second-order valence-electron chi connectivity index (χ2n) is 4.78. The number of hydrogen-bond acceptors (Lipinski definition) is 2. The fourth-order valence-electron chi connectivity index (χ4n) is 1.84. The minimum Gasteiger partial charge on any atom is -0.494 e. The molecular weight excluding hydrogens is 382 g/mol. The van der Waals surface area contributed by atoms with Gasteiger partial charge < -0.3 is 10.1 Å². The van der Waals surface area contributed by atoms with Crippen LogP contribution in [0, 0.1) is 0 Å². The zero-order chi connectivity index (χ0) is 14.5. The lowest BCUT2D eigenvalue weighted by Gasteiger charge is -2.07. The third kappa shape index (κ3) is 8.98. The molecule has 0 saturated carbocycles. The highest BCUT2D eigenvalue weighted by atomic mass is 79.9. The largest absolute Gasteiger partial charge is 0.494 e. The van der Waals surface area contributed by atoms with Crippen LogP contribution in [0.1, 0.15) is 31.2 Å². The topological polar surface area (TPSA) is 21.3 Å². The van der Waals surface area contributed by atoms with Gasteiger partial charge >= 0.3 is 0 Å². The van der Waals surface area contributed by atoms with Gasteiger partial charge in [-0.2, -0.15) is 0 Å². The molecule has 1 aromatic rings. The minimum absolute atomic E-state index is 0.806. The van der Waals surface area contributed by atoms with Crippen LogP contribution in [-0.2, 0) is 6.42 Å². The molecule has 0 aliphatic rings. The van der Waals surface area contributed by atoms with E-state index in [0.717, 1.165) is 48.9 Å². The average molecular weight is 407 g/mol. The normalized spacial score (nSPS) is 10.7. The molecule has 1 aromatic carbocycles. The first-order valence-corrected chi connectivity index (χ1v) is 9.65. The van der Waals surface area contributed by atoms with Crippen molar-refractivity contribution in [3.8, 4) is 5.75 Å². The number of hydrogen-bond donors (Lipinski definition) is 1. The van der Waals surface area contributed by atoms with Crippen LogP contribution in [0.2, 0.25) is 0 Å². The van der Waals surface area contributed by atoms with E-state index in [1.54, 1.807) is 0 Å². The van der Waals surface area contributed by atoms with Gasteiger partial charge in [-0.25, -0.2) is 0 Å². The van der Waals surface area contributed by atoms with Crippen molar-refractivity contribution < 1.29 is 4.74 Å². The lowest BCUT2D eigenvalue weighted by molar-refractivity contribution is 0.310. The minimum atomic E-state index is 0.806. The van der Waals surface area contributed by atoms with Gasteiger partial charge in [0.15, 0.2) is 0 Å². The van der Waals surface area contributed by atoms with E-state index in [9.17, 15) is 0 Å². The van der Waals surface area contributed by atoms with E-state index in [4.69, 9.17) is 4.74 Å². The van der Waals surface area contributed by atoms with Gasteiger partial charge in [-0.3, -0.25) is 0 Å². The standard InChI is InChI=1S/C16H25Br2NO/c17-10-1-3-12-19-13-9-15-5-7-16(8-6-15)20-14-4-2-11-18/h5-8,19H,1-4,9-14H2. The summed E-state index contributed by atoms with van der Waals surface area (Å²) in [6, 6.07) is 8.49. The van der Waals surface area contributed by atoms with Gasteiger partial charge in [-0.15, -0.1) is 0 Å². The molecule has 0 spiro atoms. The van der Waals surface area contributed by atoms with E-state index in [-0.39, 0.29) is 0 Å². The number of ether oxygens (including phenoxy) is 1. The van der Waals surface area contributed by atoms with E-state index < -0.39 is 0 Å². The molecule has 0 atom stereocenters. The molecule has 1 N–H and O–H groups in total. The molecule has 0 amide bonds. The predicted molar refractivity (Wildman–Crippen MR) is 94.6 cm³/mol. The highest BCUT2D eigenvalue weighted by molar-refractivity contribution is 9.09. The summed E-state index contributed by atoms with van der Waals surface area (Å²) < 4.78 is 5.69. The summed E-state index contributed by atoms with van der Waals surface area (Å²) in [5, 5.41) is 5.63. The lowest BCUT2D eigenvalue weighted by Crippen LogP contribution is -2.18. The van der Waals surface area contributed by atoms with Crippen LogP contribution in [0.15, 0.2) is 24.3 Å². The fraction of sp³-hybridized carbons (Fsp3) is 0.625. The molecule has 0 unspecified atom stereocenters. The lowest BCUT2D eigenvalue weighted by atomic mass is 10.1. The molecule has 2 nitrogen and oxygen atoms in total. The zero-order valence-corrected chi connectivity index (χ0v) is 15.2. The predicted octanol–water partition coefficient (Wildman–Crippen LogP) is 4.55. The van der Waals surface area contributed by atoms with Crippen LogP contribution in [0.25, 0.3) is 0 Å². The van der Waals surface area contributed by atoms with Gasteiger partial charge in [0, 0.05) is 10.7 Å². The van der Waals surface area contributed by atoms with Crippen molar-refractivity contribution in [2.45, 2.75) is 32.1 Å². The van der Waals surface area contributed by atoms with Crippen molar-refractivity contribution in [3.05, 3.63) is 29.8 Å². The van der Waals surface area contributed by atoms with Crippen LogP contribution in [0.4, 0.5) is 0 Å².